The number of hydrogen-bond donors (Lipinski definition) is 2. The van der Waals surface area contributed by atoms with E-state index in [0.29, 0.717) is 23.9 Å². The SMILES string of the molecule is CNCc1cc(S(=O)(=O)NCCC(C)C)c(C)s1. The Hall–Kier alpha value is -0.430. The molecule has 104 valence electrons. The summed E-state index contributed by atoms with van der Waals surface area (Å²) in [5.74, 6) is 0.496. The predicted octanol–water partition coefficient (Wildman–Crippen LogP) is 2.10. The number of nitrogens with one attached hydrogen (secondary N) is 2. The van der Waals surface area contributed by atoms with Crippen LogP contribution < -0.4 is 10.0 Å². The second kappa shape index (κ2) is 6.65. The Morgan fingerprint density at radius 3 is 2.61 bits per heavy atom. The van der Waals surface area contributed by atoms with Crippen LogP contribution in [0.1, 0.15) is 30.0 Å². The number of thiophene rings is 1. The fourth-order valence-electron chi connectivity index (χ4n) is 1.61. The molecule has 0 aliphatic rings. The molecule has 1 rings (SSSR count). The average molecular weight is 290 g/mol. The van der Waals surface area contributed by atoms with Gasteiger partial charge in [0.25, 0.3) is 0 Å². The van der Waals surface area contributed by atoms with Crippen LogP contribution >= 0.6 is 11.3 Å². The molecule has 1 heterocycles. The minimum Gasteiger partial charge on any atom is -0.315 e. The maximum Gasteiger partial charge on any atom is 0.241 e. The zero-order valence-corrected chi connectivity index (χ0v) is 13.0. The first-order chi connectivity index (χ1) is 8.36. The minimum absolute atomic E-state index is 0.418. The molecule has 2 N–H and O–H groups in total. The van der Waals surface area contributed by atoms with E-state index in [2.05, 4.69) is 23.9 Å². The maximum absolute atomic E-state index is 12.1. The highest BCUT2D eigenvalue weighted by Crippen LogP contribution is 2.25. The molecular formula is C12H22N2O2S2. The molecule has 1 aromatic rings. The zero-order chi connectivity index (χ0) is 13.8. The van der Waals surface area contributed by atoms with E-state index in [9.17, 15) is 8.42 Å². The summed E-state index contributed by atoms with van der Waals surface area (Å²) in [7, 11) is -1.50. The standard InChI is InChI=1S/C12H22N2O2S2/c1-9(2)5-6-14-18(15,16)12-7-11(8-13-4)17-10(12)3/h7,9,13-14H,5-6,8H2,1-4H3. The van der Waals surface area contributed by atoms with Gasteiger partial charge in [-0.1, -0.05) is 13.8 Å². The summed E-state index contributed by atoms with van der Waals surface area (Å²) in [5.41, 5.74) is 0. The van der Waals surface area contributed by atoms with Crippen molar-refractivity contribution in [3.8, 4) is 0 Å². The Bertz CT molecular complexity index is 478. The molecule has 6 heteroatoms. The number of aryl methyl sites for hydroxylation is 1. The van der Waals surface area contributed by atoms with Crippen LogP contribution in [0, 0.1) is 12.8 Å². The lowest BCUT2D eigenvalue weighted by atomic mass is 10.1. The summed E-state index contributed by atoms with van der Waals surface area (Å²) in [5, 5.41) is 3.03. The Morgan fingerprint density at radius 1 is 1.39 bits per heavy atom. The molecule has 0 spiro atoms. The van der Waals surface area contributed by atoms with E-state index in [-0.39, 0.29) is 0 Å². The molecule has 0 aliphatic carbocycles. The number of hydrogen-bond acceptors (Lipinski definition) is 4. The Kier molecular flexibility index (Phi) is 5.78. The first-order valence-electron chi connectivity index (χ1n) is 6.10. The lowest BCUT2D eigenvalue weighted by molar-refractivity contribution is 0.551. The van der Waals surface area contributed by atoms with Gasteiger partial charge in [-0.05, 0) is 32.4 Å². The van der Waals surface area contributed by atoms with Crippen LogP contribution in [-0.4, -0.2) is 22.0 Å². The van der Waals surface area contributed by atoms with Gasteiger partial charge in [0, 0.05) is 22.8 Å². The minimum atomic E-state index is -3.35. The quantitative estimate of drug-likeness (QED) is 0.808. The van der Waals surface area contributed by atoms with Gasteiger partial charge in [0.2, 0.25) is 10.0 Å². The summed E-state index contributed by atoms with van der Waals surface area (Å²) < 4.78 is 26.9. The van der Waals surface area contributed by atoms with Gasteiger partial charge in [0.15, 0.2) is 0 Å². The summed E-state index contributed by atoms with van der Waals surface area (Å²) in [4.78, 5) is 2.30. The summed E-state index contributed by atoms with van der Waals surface area (Å²) >= 11 is 1.52. The molecule has 18 heavy (non-hydrogen) atoms. The summed E-state index contributed by atoms with van der Waals surface area (Å²) in [6, 6.07) is 1.76. The molecule has 0 saturated carbocycles. The first kappa shape index (κ1) is 15.6. The Balaban J connectivity index is 2.78. The highest BCUT2D eigenvalue weighted by atomic mass is 32.2. The third-order valence-corrected chi connectivity index (χ3v) is 5.34. The molecule has 0 aromatic carbocycles. The van der Waals surface area contributed by atoms with E-state index >= 15 is 0 Å². The van der Waals surface area contributed by atoms with Crippen LogP contribution in [0.15, 0.2) is 11.0 Å². The molecule has 0 unspecified atom stereocenters. The lowest BCUT2D eigenvalue weighted by Gasteiger charge is -2.07. The van der Waals surface area contributed by atoms with Crippen molar-refractivity contribution in [1.29, 1.82) is 0 Å². The second-order valence-electron chi connectivity index (χ2n) is 4.74. The van der Waals surface area contributed by atoms with Gasteiger partial charge < -0.3 is 5.32 Å². The zero-order valence-electron chi connectivity index (χ0n) is 11.4. The number of rotatable bonds is 7. The van der Waals surface area contributed by atoms with Crippen LogP contribution in [0.5, 0.6) is 0 Å². The van der Waals surface area contributed by atoms with Crippen molar-refractivity contribution in [2.75, 3.05) is 13.6 Å². The maximum atomic E-state index is 12.1. The van der Waals surface area contributed by atoms with Crippen molar-refractivity contribution in [3.63, 3.8) is 0 Å². The van der Waals surface area contributed by atoms with E-state index in [1.165, 1.54) is 11.3 Å². The molecule has 1 aromatic heterocycles. The topological polar surface area (TPSA) is 58.2 Å². The van der Waals surface area contributed by atoms with E-state index in [1.807, 2.05) is 14.0 Å². The molecular weight excluding hydrogens is 268 g/mol. The van der Waals surface area contributed by atoms with Gasteiger partial charge in [-0.15, -0.1) is 11.3 Å². The fourth-order valence-corrected chi connectivity index (χ4v) is 4.30. The van der Waals surface area contributed by atoms with Crippen LogP contribution in [-0.2, 0) is 16.6 Å². The van der Waals surface area contributed by atoms with Crippen molar-refractivity contribution in [2.24, 2.45) is 5.92 Å². The normalized spacial score (nSPS) is 12.3. The van der Waals surface area contributed by atoms with Gasteiger partial charge in [-0.2, -0.15) is 0 Å². The van der Waals surface area contributed by atoms with Gasteiger partial charge in [-0.3, -0.25) is 0 Å². The lowest BCUT2D eigenvalue weighted by Crippen LogP contribution is -2.25. The molecule has 4 nitrogen and oxygen atoms in total. The van der Waals surface area contributed by atoms with Crippen LogP contribution in [0.4, 0.5) is 0 Å². The molecule has 0 radical (unpaired) electrons. The van der Waals surface area contributed by atoms with Crippen molar-refractivity contribution in [3.05, 3.63) is 15.8 Å². The monoisotopic (exact) mass is 290 g/mol. The van der Waals surface area contributed by atoms with Gasteiger partial charge in [0.1, 0.15) is 0 Å². The van der Waals surface area contributed by atoms with Crippen LogP contribution in [0.3, 0.4) is 0 Å². The first-order valence-corrected chi connectivity index (χ1v) is 8.40. The summed E-state index contributed by atoms with van der Waals surface area (Å²) in [6.45, 7) is 7.20. The van der Waals surface area contributed by atoms with Crippen molar-refractivity contribution >= 4 is 21.4 Å². The Morgan fingerprint density at radius 2 is 2.06 bits per heavy atom. The van der Waals surface area contributed by atoms with E-state index in [1.54, 1.807) is 6.07 Å². The molecule has 0 bridgehead atoms. The average Bonchev–Trinajstić information content (AvgIpc) is 2.60. The van der Waals surface area contributed by atoms with Crippen LogP contribution in [0.2, 0.25) is 0 Å². The molecule has 0 amide bonds. The van der Waals surface area contributed by atoms with Gasteiger partial charge in [0.05, 0.1) is 4.90 Å². The van der Waals surface area contributed by atoms with Gasteiger partial charge in [-0.25, -0.2) is 13.1 Å². The largest absolute Gasteiger partial charge is 0.315 e. The van der Waals surface area contributed by atoms with E-state index in [0.717, 1.165) is 16.2 Å². The molecule has 0 saturated heterocycles. The molecule has 0 aliphatic heterocycles. The van der Waals surface area contributed by atoms with Gasteiger partial charge >= 0.3 is 0 Å². The number of sulfonamides is 1. The highest BCUT2D eigenvalue weighted by molar-refractivity contribution is 7.89. The smallest absolute Gasteiger partial charge is 0.241 e. The third-order valence-electron chi connectivity index (χ3n) is 2.58. The third kappa shape index (κ3) is 4.35. The second-order valence-corrected chi connectivity index (χ2v) is 7.82. The summed E-state index contributed by atoms with van der Waals surface area (Å²) in [6.07, 6.45) is 0.853. The van der Waals surface area contributed by atoms with E-state index < -0.39 is 10.0 Å². The van der Waals surface area contributed by atoms with Crippen molar-refractivity contribution in [2.45, 2.75) is 38.6 Å². The predicted molar refractivity (Wildman–Crippen MR) is 76.5 cm³/mol. The van der Waals surface area contributed by atoms with Crippen LogP contribution in [0.25, 0.3) is 0 Å². The van der Waals surface area contributed by atoms with Crippen molar-refractivity contribution < 1.29 is 8.42 Å². The van der Waals surface area contributed by atoms with E-state index in [4.69, 9.17) is 0 Å². The fraction of sp³-hybridized carbons (Fsp3) is 0.667. The van der Waals surface area contributed by atoms with Crippen molar-refractivity contribution in [1.82, 2.24) is 10.0 Å². The molecule has 0 fully saturated rings. The highest BCUT2D eigenvalue weighted by Gasteiger charge is 2.19. The Labute approximate surface area is 114 Å². The molecule has 0 atom stereocenters.